The summed E-state index contributed by atoms with van der Waals surface area (Å²) in [6, 6.07) is 0. The molecule has 0 radical (unpaired) electrons. The van der Waals surface area contributed by atoms with Crippen molar-refractivity contribution in [2.75, 3.05) is 32.8 Å². The summed E-state index contributed by atoms with van der Waals surface area (Å²) in [6.07, 6.45) is 13.5. The standard InChI is InChI=1S/C40H64N2O6/c1-24-19-26(21-41-16-6-7-30(41)43)47-34-33(24)37(4)14-15-40-23-39(40)13-12-29(36(2,3)27(39)10-11-28(40)38(37,5)35(34)45)48-32-22-42(17-18-46-32)31(44)20-25-8-9-25/h24-30,32-35,43,45H,6-23H2,1-5H3/t24-,26?,27+,28?,29?,30?,32+,33+,34?,35+,37?,38-,39?,40?/m1/s1. The molecule has 3 heterocycles. The molecular formula is C40H64N2O6. The van der Waals surface area contributed by atoms with E-state index in [0.717, 1.165) is 38.8 Å². The summed E-state index contributed by atoms with van der Waals surface area (Å²) >= 11 is 0. The summed E-state index contributed by atoms with van der Waals surface area (Å²) in [5.41, 5.74) is 0.604. The first-order valence-corrected chi connectivity index (χ1v) is 20.1. The molecule has 3 saturated heterocycles. The molecule has 48 heavy (non-hydrogen) atoms. The maximum Gasteiger partial charge on any atom is 0.223 e. The van der Waals surface area contributed by atoms with Gasteiger partial charge in [0.05, 0.1) is 37.6 Å². The Labute approximate surface area is 289 Å². The number of nitrogens with zero attached hydrogens (tertiary/aromatic N) is 2. The lowest BCUT2D eigenvalue weighted by Gasteiger charge is -2.64. The summed E-state index contributed by atoms with van der Waals surface area (Å²) in [6.45, 7) is 15.9. The molecule has 0 aromatic rings. The largest absolute Gasteiger partial charge is 0.390 e. The minimum Gasteiger partial charge on any atom is -0.390 e. The highest BCUT2D eigenvalue weighted by atomic mass is 16.7. The lowest BCUT2D eigenvalue weighted by atomic mass is 9.41. The molecule has 8 unspecified atom stereocenters. The van der Waals surface area contributed by atoms with Gasteiger partial charge in [-0.3, -0.25) is 9.69 Å². The van der Waals surface area contributed by atoms with Crippen molar-refractivity contribution in [1.29, 1.82) is 0 Å². The Morgan fingerprint density at radius 2 is 1.71 bits per heavy atom. The number of ether oxygens (including phenoxy) is 3. The third-order valence-electron chi connectivity index (χ3n) is 17.4. The zero-order valence-electron chi connectivity index (χ0n) is 30.5. The summed E-state index contributed by atoms with van der Waals surface area (Å²) in [4.78, 5) is 17.1. The summed E-state index contributed by atoms with van der Waals surface area (Å²) in [7, 11) is 0. The molecule has 9 aliphatic rings. The quantitative estimate of drug-likeness (QED) is 0.382. The van der Waals surface area contributed by atoms with Crippen LogP contribution in [-0.2, 0) is 19.0 Å². The fraction of sp³-hybridized carbons (Fsp3) is 0.975. The van der Waals surface area contributed by atoms with Crippen molar-refractivity contribution in [3.63, 3.8) is 0 Å². The number of amides is 1. The highest BCUT2D eigenvalue weighted by Crippen LogP contribution is 2.89. The Morgan fingerprint density at radius 3 is 2.46 bits per heavy atom. The zero-order chi connectivity index (χ0) is 33.4. The number of likely N-dealkylation sites (tertiary alicyclic amines) is 1. The van der Waals surface area contributed by atoms with Gasteiger partial charge in [-0.25, -0.2) is 0 Å². The normalized spacial score (nSPS) is 54.1. The summed E-state index contributed by atoms with van der Waals surface area (Å²) in [5, 5.41) is 23.1. The van der Waals surface area contributed by atoms with Crippen LogP contribution in [0.15, 0.2) is 0 Å². The molecule has 270 valence electrons. The fourth-order valence-corrected chi connectivity index (χ4v) is 14.8. The van der Waals surface area contributed by atoms with Crippen LogP contribution in [0.3, 0.4) is 0 Å². The van der Waals surface area contributed by atoms with E-state index in [9.17, 15) is 15.0 Å². The molecule has 0 bridgehead atoms. The van der Waals surface area contributed by atoms with Crippen molar-refractivity contribution >= 4 is 5.91 Å². The van der Waals surface area contributed by atoms with Gasteiger partial charge >= 0.3 is 0 Å². The number of hydrogen-bond acceptors (Lipinski definition) is 7. The van der Waals surface area contributed by atoms with Crippen LogP contribution >= 0.6 is 0 Å². The summed E-state index contributed by atoms with van der Waals surface area (Å²) in [5.74, 6) is 2.90. The maximum absolute atomic E-state index is 12.9. The molecule has 6 aliphatic carbocycles. The van der Waals surface area contributed by atoms with Gasteiger partial charge in [0.2, 0.25) is 5.91 Å². The topological polar surface area (TPSA) is 91.7 Å². The van der Waals surface area contributed by atoms with Gasteiger partial charge in [-0.1, -0.05) is 34.6 Å². The van der Waals surface area contributed by atoms with Gasteiger partial charge in [-0.05, 0) is 128 Å². The first kappa shape index (κ1) is 33.1. The Morgan fingerprint density at radius 1 is 0.938 bits per heavy atom. The molecule has 14 atom stereocenters. The van der Waals surface area contributed by atoms with Gasteiger partial charge in [-0.2, -0.15) is 0 Å². The molecule has 9 rings (SSSR count). The van der Waals surface area contributed by atoms with E-state index in [1.807, 2.05) is 4.90 Å². The number of carbonyl (C=O) groups is 1. The first-order chi connectivity index (χ1) is 22.8. The molecule has 9 fully saturated rings. The number of aliphatic hydroxyl groups is 2. The third-order valence-corrected chi connectivity index (χ3v) is 17.4. The van der Waals surface area contributed by atoms with E-state index in [2.05, 4.69) is 39.5 Å². The number of hydrogen-bond donors (Lipinski definition) is 2. The molecule has 8 nitrogen and oxygen atoms in total. The van der Waals surface area contributed by atoms with Crippen molar-refractivity contribution in [2.45, 2.75) is 155 Å². The molecule has 2 N–H and O–H groups in total. The van der Waals surface area contributed by atoms with Gasteiger partial charge in [-0.15, -0.1) is 0 Å². The molecular weight excluding hydrogens is 604 g/mol. The van der Waals surface area contributed by atoms with Crippen LogP contribution in [0.25, 0.3) is 0 Å². The minimum absolute atomic E-state index is 0.0330. The first-order valence-electron chi connectivity index (χ1n) is 20.1. The highest BCUT2D eigenvalue weighted by Gasteiger charge is 2.84. The number of aliphatic hydroxyl groups excluding tert-OH is 2. The molecule has 3 aliphatic heterocycles. The van der Waals surface area contributed by atoms with Crippen LogP contribution in [0.2, 0.25) is 0 Å². The van der Waals surface area contributed by atoms with Gasteiger partial charge in [0, 0.05) is 31.5 Å². The summed E-state index contributed by atoms with van der Waals surface area (Å²) < 4.78 is 20.0. The third kappa shape index (κ3) is 4.50. The van der Waals surface area contributed by atoms with E-state index in [0.29, 0.717) is 66.5 Å². The number of carbonyl (C=O) groups excluding carboxylic acids is 1. The predicted molar refractivity (Wildman–Crippen MR) is 181 cm³/mol. The number of rotatable bonds is 6. The smallest absolute Gasteiger partial charge is 0.223 e. The molecule has 0 aromatic carbocycles. The van der Waals surface area contributed by atoms with Gasteiger partial charge in [0.1, 0.15) is 6.23 Å². The zero-order valence-corrected chi connectivity index (χ0v) is 30.5. The lowest BCUT2D eigenvalue weighted by Crippen LogP contribution is -2.60. The van der Waals surface area contributed by atoms with E-state index < -0.39 is 6.10 Å². The van der Waals surface area contributed by atoms with E-state index in [4.69, 9.17) is 14.2 Å². The van der Waals surface area contributed by atoms with Gasteiger partial charge in [0.25, 0.3) is 0 Å². The van der Waals surface area contributed by atoms with Crippen LogP contribution in [0, 0.1) is 56.7 Å². The van der Waals surface area contributed by atoms with Crippen LogP contribution in [0.4, 0.5) is 0 Å². The second-order valence-corrected chi connectivity index (χ2v) is 19.7. The molecule has 6 saturated carbocycles. The lowest BCUT2D eigenvalue weighted by molar-refractivity contribution is -0.248. The van der Waals surface area contributed by atoms with Crippen LogP contribution < -0.4 is 0 Å². The van der Waals surface area contributed by atoms with Crippen molar-refractivity contribution in [2.24, 2.45) is 56.7 Å². The maximum atomic E-state index is 12.9. The molecule has 8 heteroatoms. The molecule has 2 spiro atoms. The Kier molecular flexibility index (Phi) is 7.66. The monoisotopic (exact) mass is 668 g/mol. The predicted octanol–water partition coefficient (Wildman–Crippen LogP) is 5.58. The second kappa shape index (κ2) is 11.1. The highest BCUT2D eigenvalue weighted by molar-refractivity contribution is 5.76. The SMILES string of the molecule is C[C@@H]1CC(CN2CCCC2O)OC2[C@H]1C1(C)CCC34CC35CCC(O[C@H]3CN(C(=O)CC6CC6)CCO3)C(C)(C)[C@@H]5CCC4[C@]1(C)[C@H]2O. The average molecular weight is 669 g/mol. The second-order valence-electron chi connectivity index (χ2n) is 19.7. The Bertz CT molecular complexity index is 1290. The van der Waals surface area contributed by atoms with Crippen LogP contribution in [0.5, 0.6) is 0 Å². The van der Waals surface area contributed by atoms with Gasteiger partial charge in [0.15, 0.2) is 6.29 Å². The van der Waals surface area contributed by atoms with Crippen LogP contribution in [0.1, 0.15) is 118 Å². The van der Waals surface area contributed by atoms with Crippen molar-refractivity contribution < 1.29 is 29.2 Å². The van der Waals surface area contributed by atoms with E-state index in [1.54, 1.807) is 0 Å². The Balaban J connectivity index is 0.919. The molecule has 1 amide bonds. The average Bonchev–Trinajstić information content (AvgIpc) is 3.94. The van der Waals surface area contributed by atoms with Crippen molar-refractivity contribution in [3.05, 3.63) is 0 Å². The fourth-order valence-electron chi connectivity index (χ4n) is 14.8. The number of fused-ring (bicyclic) bond motifs is 4. The van der Waals surface area contributed by atoms with E-state index >= 15 is 0 Å². The molecule has 0 aromatic heterocycles. The van der Waals surface area contributed by atoms with Gasteiger partial charge < -0.3 is 29.3 Å². The Hall–Kier alpha value is -0.770. The van der Waals surface area contributed by atoms with E-state index in [1.165, 1.54) is 51.4 Å². The van der Waals surface area contributed by atoms with Crippen molar-refractivity contribution in [3.8, 4) is 0 Å². The van der Waals surface area contributed by atoms with Crippen molar-refractivity contribution in [1.82, 2.24) is 9.80 Å². The van der Waals surface area contributed by atoms with Crippen LogP contribution in [-0.4, -0.2) is 95.6 Å². The number of morpholine rings is 1. The van der Waals surface area contributed by atoms with E-state index in [-0.39, 0.29) is 53.0 Å². The minimum atomic E-state index is -0.445.